The van der Waals surface area contributed by atoms with Crippen LogP contribution >= 0.6 is 0 Å². The van der Waals surface area contributed by atoms with E-state index in [-0.39, 0.29) is 17.4 Å². The van der Waals surface area contributed by atoms with Crippen LogP contribution in [0.5, 0.6) is 5.88 Å². The lowest BCUT2D eigenvalue weighted by Gasteiger charge is -2.06. The maximum atomic E-state index is 11.0. The van der Waals surface area contributed by atoms with Crippen molar-refractivity contribution < 1.29 is 15.0 Å². The molecule has 0 unspecified atom stereocenters. The SMILES string of the molecule is O=C(O)c1cnn(-c2nc(O)c3c(cnn3CCc3ccc4ccccc4n3)n2)c1. The van der Waals surface area contributed by atoms with Crippen LogP contribution in [0.1, 0.15) is 16.1 Å². The summed E-state index contributed by atoms with van der Waals surface area (Å²) in [5.74, 6) is -1.31. The fourth-order valence-corrected chi connectivity index (χ4v) is 3.25. The minimum atomic E-state index is -1.11. The molecule has 1 aromatic carbocycles. The van der Waals surface area contributed by atoms with Crippen LogP contribution < -0.4 is 0 Å². The number of carboxylic acids is 1. The Morgan fingerprint density at radius 3 is 2.67 bits per heavy atom. The molecule has 0 spiro atoms. The monoisotopic (exact) mass is 401 g/mol. The lowest BCUT2D eigenvalue weighted by molar-refractivity contribution is 0.0697. The normalized spacial score (nSPS) is 11.3. The number of aromatic nitrogens is 7. The molecule has 4 aromatic heterocycles. The van der Waals surface area contributed by atoms with E-state index in [9.17, 15) is 9.90 Å². The molecule has 5 aromatic rings. The number of fused-ring (bicyclic) bond motifs is 2. The van der Waals surface area contributed by atoms with Gasteiger partial charge in [0.25, 0.3) is 5.95 Å². The molecule has 0 aliphatic rings. The highest BCUT2D eigenvalue weighted by molar-refractivity contribution is 5.87. The first-order valence-corrected chi connectivity index (χ1v) is 9.14. The van der Waals surface area contributed by atoms with E-state index < -0.39 is 5.97 Å². The van der Waals surface area contributed by atoms with E-state index in [1.807, 2.05) is 36.4 Å². The van der Waals surface area contributed by atoms with Crippen molar-refractivity contribution in [1.82, 2.24) is 34.5 Å². The third-order valence-electron chi connectivity index (χ3n) is 4.73. The molecule has 2 N–H and O–H groups in total. The number of carboxylic acid groups (broad SMARTS) is 1. The van der Waals surface area contributed by atoms with Crippen molar-refractivity contribution in [2.24, 2.45) is 0 Å². The minimum Gasteiger partial charge on any atom is -0.492 e. The van der Waals surface area contributed by atoms with Gasteiger partial charge in [-0.25, -0.2) is 14.5 Å². The van der Waals surface area contributed by atoms with Gasteiger partial charge in [-0.3, -0.25) is 9.67 Å². The van der Waals surface area contributed by atoms with Gasteiger partial charge in [0.1, 0.15) is 11.0 Å². The highest BCUT2D eigenvalue weighted by atomic mass is 16.4. The number of hydrogen-bond donors (Lipinski definition) is 2. The first kappa shape index (κ1) is 17.7. The molecule has 0 fully saturated rings. The molecule has 0 aliphatic carbocycles. The van der Waals surface area contributed by atoms with Gasteiger partial charge in [-0.15, -0.1) is 0 Å². The predicted octanol–water partition coefficient (Wildman–Crippen LogP) is 2.21. The second-order valence-electron chi connectivity index (χ2n) is 6.67. The van der Waals surface area contributed by atoms with Crippen molar-refractivity contribution in [3.8, 4) is 11.8 Å². The molecule has 148 valence electrons. The number of aromatic hydroxyl groups is 1. The van der Waals surface area contributed by atoms with Crippen molar-refractivity contribution in [2.45, 2.75) is 13.0 Å². The molecule has 10 nitrogen and oxygen atoms in total. The number of hydrogen-bond acceptors (Lipinski definition) is 7. The predicted molar refractivity (Wildman–Crippen MR) is 107 cm³/mol. The molecular formula is C20H15N7O3. The average Bonchev–Trinajstić information content (AvgIpc) is 3.40. The summed E-state index contributed by atoms with van der Waals surface area (Å²) in [6.07, 6.45) is 4.60. The first-order valence-electron chi connectivity index (χ1n) is 9.14. The number of carbonyl (C=O) groups is 1. The topological polar surface area (TPSA) is 132 Å². The van der Waals surface area contributed by atoms with Gasteiger partial charge in [-0.1, -0.05) is 24.3 Å². The van der Waals surface area contributed by atoms with E-state index in [0.717, 1.165) is 16.6 Å². The van der Waals surface area contributed by atoms with Crippen molar-refractivity contribution in [2.75, 3.05) is 0 Å². The maximum Gasteiger partial charge on any atom is 0.338 e. The molecule has 0 saturated heterocycles. The second-order valence-corrected chi connectivity index (χ2v) is 6.67. The summed E-state index contributed by atoms with van der Waals surface area (Å²) in [7, 11) is 0. The number of aromatic carboxylic acids is 1. The summed E-state index contributed by atoms with van der Waals surface area (Å²) in [5, 5.41) is 28.8. The molecule has 30 heavy (non-hydrogen) atoms. The standard InChI is InChI=1S/C20H15N7O3/c28-18-17-16(24-20(25-18)27-11-13(9-21-27)19(29)30)10-22-26(17)8-7-14-6-5-12-3-1-2-4-15(12)23-14/h1-6,9-11H,7-8H2,(H,29,30)(H,24,25,28). The molecule has 5 rings (SSSR count). The summed E-state index contributed by atoms with van der Waals surface area (Å²) in [6.45, 7) is 0.482. The van der Waals surface area contributed by atoms with Gasteiger partial charge in [0.2, 0.25) is 5.88 Å². The number of rotatable bonds is 5. The van der Waals surface area contributed by atoms with Crippen LogP contribution in [0, 0.1) is 0 Å². The lowest BCUT2D eigenvalue weighted by atomic mass is 10.2. The van der Waals surface area contributed by atoms with Crippen LogP contribution in [0.15, 0.2) is 55.0 Å². The Kier molecular flexibility index (Phi) is 4.09. The lowest BCUT2D eigenvalue weighted by Crippen LogP contribution is -2.06. The first-order chi connectivity index (χ1) is 14.6. The third kappa shape index (κ3) is 3.09. The Hall–Kier alpha value is -4.34. The Morgan fingerprint density at radius 1 is 0.967 bits per heavy atom. The average molecular weight is 401 g/mol. The molecule has 0 bridgehead atoms. The van der Waals surface area contributed by atoms with Gasteiger partial charge in [0, 0.05) is 30.2 Å². The van der Waals surface area contributed by atoms with Crippen molar-refractivity contribution in [3.63, 3.8) is 0 Å². The molecule has 10 heteroatoms. The highest BCUT2D eigenvalue weighted by Crippen LogP contribution is 2.23. The Morgan fingerprint density at radius 2 is 1.83 bits per heavy atom. The smallest absolute Gasteiger partial charge is 0.338 e. The summed E-state index contributed by atoms with van der Waals surface area (Å²) in [5.41, 5.74) is 2.65. The van der Waals surface area contributed by atoms with E-state index in [4.69, 9.17) is 5.11 Å². The van der Waals surface area contributed by atoms with E-state index >= 15 is 0 Å². The van der Waals surface area contributed by atoms with Gasteiger partial charge >= 0.3 is 5.97 Å². The fraction of sp³-hybridized carbons (Fsp3) is 0.100. The van der Waals surface area contributed by atoms with E-state index in [1.165, 1.54) is 23.3 Å². The minimum absolute atomic E-state index is 0.00299. The molecule has 0 saturated carbocycles. The fourth-order valence-electron chi connectivity index (χ4n) is 3.25. The van der Waals surface area contributed by atoms with Crippen molar-refractivity contribution >= 4 is 27.9 Å². The summed E-state index contributed by atoms with van der Waals surface area (Å²) >= 11 is 0. The largest absolute Gasteiger partial charge is 0.492 e. The number of aryl methyl sites for hydroxylation is 2. The van der Waals surface area contributed by atoms with Gasteiger partial charge in [-0.05, 0) is 12.1 Å². The Labute approximate surface area is 169 Å². The van der Waals surface area contributed by atoms with Crippen LogP contribution in [0.2, 0.25) is 0 Å². The van der Waals surface area contributed by atoms with Crippen molar-refractivity contribution in [1.29, 1.82) is 0 Å². The highest BCUT2D eigenvalue weighted by Gasteiger charge is 2.16. The van der Waals surface area contributed by atoms with Gasteiger partial charge < -0.3 is 10.2 Å². The zero-order valence-electron chi connectivity index (χ0n) is 15.5. The number of pyridine rings is 1. The summed E-state index contributed by atoms with van der Waals surface area (Å²) in [6, 6.07) is 11.9. The van der Waals surface area contributed by atoms with Crippen molar-refractivity contribution in [3.05, 3.63) is 66.2 Å². The molecule has 0 amide bonds. The van der Waals surface area contributed by atoms with Crippen LogP contribution in [0.4, 0.5) is 0 Å². The van der Waals surface area contributed by atoms with Gasteiger partial charge in [-0.2, -0.15) is 15.2 Å². The number of nitrogens with zero attached hydrogens (tertiary/aromatic N) is 7. The van der Waals surface area contributed by atoms with Crippen LogP contribution in [-0.4, -0.2) is 50.7 Å². The molecule has 0 aliphatic heterocycles. The molecule has 4 heterocycles. The van der Waals surface area contributed by atoms with E-state index in [1.54, 1.807) is 4.68 Å². The molecule has 0 atom stereocenters. The maximum absolute atomic E-state index is 11.0. The number of para-hydroxylation sites is 1. The van der Waals surface area contributed by atoms with Gasteiger partial charge in [0.05, 0.1) is 23.5 Å². The van der Waals surface area contributed by atoms with E-state index in [2.05, 4.69) is 25.1 Å². The van der Waals surface area contributed by atoms with E-state index in [0.29, 0.717) is 24.0 Å². The summed E-state index contributed by atoms with van der Waals surface area (Å²) in [4.78, 5) is 24.1. The molecule has 0 radical (unpaired) electrons. The Balaban J connectivity index is 1.43. The Bertz CT molecular complexity index is 1410. The number of benzene rings is 1. The van der Waals surface area contributed by atoms with Crippen LogP contribution in [-0.2, 0) is 13.0 Å². The zero-order chi connectivity index (χ0) is 20.7. The molecular weight excluding hydrogens is 386 g/mol. The van der Waals surface area contributed by atoms with Crippen LogP contribution in [0.25, 0.3) is 27.9 Å². The summed E-state index contributed by atoms with van der Waals surface area (Å²) < 4.78 is 2.82. The zero-order valence-corrected chi connectivity index (χ0v) is 15.5. The van der Waals surface area contributed by atoms with Crippen LogP contribution in [0.3, 0.4) is 0 Å². The van der Waals surface area contributed by atoms with Gasteiger partial charge in [0.15, 0.2) is 0 Å². The second kappa shape index (κ2) is 6.92. The third-order valence-corrected chi connectivity index (χ3v) is 4.73. The quantitative estimate of drug-likeness (QED) is 0.458.